The highest BCUT2D eigenvalue weighted by Crippen LogP contribution is 2.40. The van der Waals surface area contributed by atoms with Gasteiger partial charge >= 0.3 is 0 Å². The van der Waals surface area contributed by atoms with E-state index in [2.05, 4.69) is 0 Å². The van der Waals surface area contributed by atoms with Gasteiger partial charge in [-0.25, -0.2) is 0 Å². The van der Waals surface area contributed by atoms with E-state index in [-0.39, 0.29) is 0 Å². The van der Waals surface area contributed by atoms with Crippen molar-refractivity contribution in [3.8, 4) is 0 Å². The molecule has 1 aliphatic heterocycles. The van der Waals surface area contributed by atoms with Gasteiger partial charge in [0.25, 0.3) is 0 Å². The summed E-state index contributed by atoms with van der Waals surface area (Å²) < 4.78 is 4.80. The lowest BCUT2D eigenvalue weighted by molar-refractivity contribution is -0.400. The fourth-order valence-electron chi connectivity index (χ4n) is 3.12. The fraction of sp³-hybridized carbons (Fsp3) is 1.00. The zero-order valence-corrected chi connectivity index (χ0v) is 12.2. The Hall–Kier alpha value is -0.480. The highest BCUT2D eigenvalue weighted by Gasteiger charge is 2.67. The van der Waals surface area contributed by atoms with Crippen LogP contribution >= 0.6 is 0 Å². The summed E-state index contributed by atoms with van der Waals surface area (Å²) in [5, 5.41) is 108. The summed E-state index contributed by atoms with van der Waals surface area (Å²) in [7, 11) is 0. The first kappa shape index (κ1) is 19.8. The van der Waals surface area contributed by atoms with E-state index in [0.29, 0.717) is 0 Å². The van der Waals surface area contributed by atoms with Gasteiger partial charge in [0.15, 0.2) is 5.60 Å². The summed E-state index contributed by atoms with van der Waals surface area (Å²) in [6.45, 7) is -1.30. The van der Waals surface area contributed by atoms with E-state index in [0.717, 1.165) is 0 Å². The largest absolute Gasteiger partial charge is 0.391 e. The normalized spacial score (nSPS) is 59.4. The fourth-order valence-corrected chi connectivity index (χ4v) is 3.12. The molecule has 0 radical (unpaired) electrons. The molecule has 0 aromatic heterocycles. The smallest absolute Gasteiger partial charge is 0.219 e. The van der Waals surface area contributed by atoms with Gasteiger partial charge in [0.1, 0.15) is 54.9 Å². The second-order valence-corrected chi connectivity index (χ2v) is 6.22. The third-order valence-electron chi connectivity index (χ3n) is 4.75. The Bertz CT molecular complexity index is 445. The molecule has 1 heterocycles. The second-order valence-electron chi connectivity index (χ2n) is 6.22. The van der Waals surface area contributed by atoms with Gasteiger partial charge in [-0.2, -0.15) is 0 Å². The van der Waals surface area contributed by atoms with Crippen molar-refractivity contribution < 1.29 is 60.9 Å². The number of aliphatic hydroxyl groups excluding tert-OH is 9. The van der Waals surface area contributed by atoms with Crippen molar-refractivity contribution in [1.82, 2.24) is 0 Å². The zero-order valence-electron chi connectivity index (χ0n) is 12.2. The van der Waals surface area contributed by atoms with Gasteiger partial charge in [0, 0.05) is 0 Å². The Morgan fingerprint density at radius 2 is 1.04 bits per heavy atom. The van der Waals surface area contributed by atoms with Gasteiger partial charge in [-0.1, -0.05) is 0 Å². The van der Waals surface area contributed by atoms with Gasteiger partial charge < -0.3 is 60.9 Å². The van der Waals surface area contributed by atoms with Crippen LogP contribution in [0.25, 0.3) is 0 Å². The van der Waals surface area contributed by atoms with Gasteiger partial charge in [0.2, 0.25) is 5.79 Å². The average molecular weight is 358 g/mol. The Balaban J connectivity index is 2.46. The summed E-state index contributed by atoms with van der Waals surface area (Å²) in [6.07, 6.45) is -20.1. The second kappa shape index (κ2) is 6.35. The minimum atomic E-state index is -3.08. The topological polar surface area (TPSA) is 232 Å². The Labute approximate surface area is 135 Å². The Morgan fingerprint density at radius 3 is 1.46 bits per heavy atom. The van der Waals surface area contributed by atoms with Crippen LogP contribution < -0.4 is 0 Å². The standard InChI is InChI=1S/C12H22O12/c13-1-11(22)7(19)5(17)6(18)10(24-11)12(23)8(20)3(15)2(14)4(16)9(12)21/h2-10,13-23H,1H2/t2?,3-,4+,5-,6+,7+,8-,9-,10?,11+,12?/m1/s1. The molecule has 11 atom stereocenters. The third-order valence-corrected chi connectivity index (χ3v) is 4.75. The van der Waals surface area contributed by atoms with Crippen molar-refractivity contribution in [2.75, 3.05) is 6.61 Å². The molecular weight excluding hydrogens is 336 g/mol. The molecule has 0 aromatic rings. The molecule has 1 saturated carbocycles. The van der Waals surface area contributed by atoms with Gasteiger partial charge in [-0.15, -0.1) is 0 Å². The molecule has 1 aliphatic carbocycles. The van der Waals surface area contributed by atoms with E-state index in [4.69, 9.17) is 9.84 Å². The summed E-state index contributed by atoms with van der Waals surface area (Å²) >= 11 is 0. The molecule has 142 valence electrons. The van der Waals surface area contributed by atoms with Gasteiger partial charge in [-0.05, 0) is 0 Å². The predicted octanol–water partition coefficient (Wildman–Crippen LogP) is -7.30. The molecule has 0 amide bonds. The Kier molecular flexibility index (Phi) is 5.25. The van der Waals surface area contributed by atoms with Crippen LogP contribution in [0.4, 0.5) is 0 Å². The lowest BCUT2D eigenvalue weighted by Crippen LogP contribution is -2.80. The van der Waals surface area contributed by atoms with Crippen LogP contribution in [0.1, 0.15) is 0 Å². The van der Waals surface area contributed by atoms with E-state index in [1.54, 1.807) is 0 Å². The molecule has 12 nitrogen and oxygen atoms in total. The molecule has 0 bridgehead atoms. The molecule has 1 saturated heterocycles. The van der Waals surface area contributed by atoms with Crippen LogP contribution in [-0.4, -0.2) is 129 Å². The minimum absolute atomic E-state index is 1.30. The molecule has 2 rings (SSSR count). The zero-order chi connectivity index (χ0) is 18.6. The highest BCUT2D eigenvalue weighted by atomic mass is 16.7. The molecule has 3 unspecified atom stereocenters. The van der Waals surface area contributed by atoms with E-state index >= 15 is 0 Å². The van der Waals surface area contributed by atoms with Crippen LogP contribution in [0, 0.1) is 0 Å². The molecule has 11 N–H and O–H groups in total. The lowest BCUT2D eigenvalue weighted by Gasteiger charge is -2.55. The number of hydrogen-bond acceptors (Lipinski definition) is 12. The van der Waals surface area contributed by atoms with E-state index in [9.17, 15) is 51.1 Å². The molecular formula is C12H22O12. The maximum Gasteiger partial charge on any atom is 0.219 e. The number of ether oxygens (including phenoxy) is 1. The van der Waals surface area contributed by atoms with Crippen LogP contribution in [0.3, 0.4) is 0 Å². The number of hydrogen-bond donors (Lipinski definition) is 11. The van der Waals surface area contributed by atoms with Crippen LogP contribution in [-0.2, 0) is 4.74 Å². The first-order valence-corrected chi connectivity index (χ1v) is 7.11. The third kappa shape index (κ3) is 2.56. The van der Waals surface area contributed by atoms with Crippen LogP contribution in [0.15, 0.2) is 0 Å². The van der Waals surface area contributed by atoms with Crippen molar-refractivity contribution in [2.24, 2.45) is 0 Å². The lowest BCUT2D eigenvalue weighted by atomic mass is 9.69. The SMILES string of the molecule is OC[C@]1(O)OC(C2(O)[C@H](O)[C@H](O)C(O)[C@H](O)[C@H]2O)[C@@H](O)[C@@H](O)[C@@H]1O. The highest BCUT2D eigenvalue weighted by molar-refractivity contribution is 5.16. The van der Waals surface area contributed by atoms with Crippen molar-refractivity contribution in [3.05, 3.63) is 0 Å². The van der Waals surface area contributed by atoms with Crippen molar-refractivity contribution in [2.45, 2.75) is 66.3 Å². The van der Waals surface area contributed by atoms with Gasteiger partial charge in [0.05, 0.1) is 6.61 Å². The molecule has 0 aromatic carbocycles. The van der Waals surface area contributed by atoms with Crippen molar-refractivity contribution in [3.63, 3.8) is 0 Å². The average Bonchev–Trinajstić information content (AvgIpc) is 2.57. The minimum Gasteiger partial charge on any atom is -0.391 e. The molecule has 24 heavy (non-hydrogen) atoms. The number of aliphatic hydroxyl groups is 11. The van der Waals surface area contributed by atoms with Crippen molar-refractivity contribution >= 4 is 0 Å². The van der Waals surface area contributed by atoms with Gasteiger partial charge in [-0.3, -0.25) is 0 Å². The Morgan fingerprint density at radius 1 is 0.625 bits per heavy atom. The summed E-state index contributed by atoms with van der Waals surface area (Å²) in [6, 6.07) is 0. The molecule has 2 aliphatic rings. The molecule has 0 spiro atoms. The first-order valence-electron chi connectivity index (χ1n) is 7.11. The van der Waals surface area contributed by atoms with E-state index < -0.39 is 72.9 Å². The molecule has 2 fully saturated rings. The summed E-state index contributed by atoms with van der Waals surface area (Å²) in [4.78, 5) is 0. The predicted molar refractivity (Wildman–Crippen MR) is 69.9 cm³/mol. The van der Waals surface area contributed by atoms with Crippen LogP contribution in [0.5, 0.6) is 0 Å². The van der Waals surface area contributed by atoms with E-state index in [1.807, 2.05) is 0 Å². The number of rotatable bonds is 2. The maximum atomic E-state index is 10.6. The first-order chi connectivity index (χ1) is 10.9. The van der Waals surface area contributed by atoms with E-state index in [1.165, 1.54) is 0 Å². The summed E-state index contributed by atoms with van der Waals surface area (Å²) in [5.41, 5.74) is -3.08. The maximum absolute atomic E-state index is 10.6. The molecule has 12 heteroatoms. The van der Waals surface area contributed by atoms with Crippen molar-refractivity contribution in [1.29, 1.82) is 0 Å². The monoisotopic (exact) mass is 358 g/mol. The summed E-state index contributed by atoms with van der Waals surface area (Å²) in [5.74, 6) is -2.88. The quantitative estimate of drug-likeness (QED) is 0.221. The van der Waals surface area contributed by atoms with Crippen LogP contribution in [0.2, 0.25) is 0 Å².